The van der Waals surface area contributed by atoms with E-state index in [4.69, 9.17) is 4.74 Å². The molecule has 3 aromatic carbocycles. The second kappa shape index (κ2) is 8.81. The number of carbonyl (C=O) groups is 1. The minimum Gasteiger partial charge on any atom is -0.505 e. The number of amides is 1. The highest BCUT2D eigenvalue weighted by Gasteiger charge is 2.31. The number of nitrogens with one attached hydrogen (secondary N) is 1. The molecule has 1 aliphatic rings. The smallest absolute Gasteiger partial charge is 0.256 e. The lowest BCUT2D eigenvalue weighted by Crippen LogP contribution is -2.36. The number of benzene rings is 3. The largest absolute Gasteiger partial charge is 0.505 e. The quantitative estimate of drug-likeness (QED) is 0.459. The second-order valence-corrected chi connectivity index (χ2v) is 7.98. The van der Waals surface area contributed by atoms with Gasteiger partial charge >= 0.3 is 0 Å². The monoisotopic (exact) mass is 424 g/mol. The molecular formula is C27H24N2O3. The molecule has 0 saturated carbocycles. The Morgan fingerprint density at radius 3 is 2.38 bits per heavy atom. The zero-order valence-corrected chi connectivity index (χ0v) is 17.6. The first kappa shape index (κ1) is 20.2. The van der Waals surface area contributed by atoms with E-state index in [9.17, 15) is 9.90 Å². The summed E-state index contributed by atoms with van der Waals surface area (Å²) in [5.41, 5.74) is 3.01. The lowest BCUT2D eigenvalue weighted by atomic mass is 9.97. The van der Waals surface area contributed by atoms with Crippen molar-refractivity contribution in [3.05, 3.63) is 96.1 Å². The van der Waals surface area contributed by atoms with Crippen LogP contribution in [0.4, 0.5) is 0 Å². The van der Waals surface area contributed by atoms with Crippen LogP contribution in [0.15, 0.2) is 84.9 Å². The first-order valence-electron chi connectivity index (χ1n) is 10.9. The second-order valence-electron chi connectivity index (χ2n) is 7.98. The molecule has 1 amide bonds. The maximum atomic E-state index is 13.6. The summed E-state index contributed by atoms with van der Waals surface area (Å²) in [6.45, 7) is 0.686. The van der Waals surface area contributed by atoms with Crippen LogP contribution < -0.4 is 5.32 Å². The highest BCUT2D eigenvalue weighted by atomic mass is 16.5. The number of pyridine rings is 1. The number of rotatable bonds is 5. The van der Waals surface area contributed by atoms with Gasteiger partial charge in [-0.2, -0.15) is 0 Å². The average Bonchev–Trinajstić information content (AvgIpc) is 3.38. The summed E-state index contributed by atoms with van der Waals surface area (Å²) < 4.78 is 5.93. The molecule has 0 spiro atoms. The molecule has 0 radical (unpaired) electrons. The molecule has 5 rings (SSSR count). The van der Waals surface area contributed by atoms with Gasteiger partial charge < -0.3 is 15.2 Å². The standard InChI is InChI=1S/C27H24N2O3/c30-26-23(20-14-7-8-15-21(20)28-25(26)19-12-5-2-6-13-19)27(31)29-24(22-16-9-17-32-22)18-10-3-1-4-11-18/h1-8,10-15,22,24,30H,9,16-17H2,(H,29,31). The normalized spacial score (nSPS) is 16.7. The molecule has 5 heteroatoms. The van der Waals surface area contributed by atoms with Crippen LogP contribution >= 0.6 is 0 Å². The molecule has 160 valence electrons. The lowest BCUT2D eigenvalue weighted by molar-refractivity contribution is 0.0672. The summed E-state index contributed by atoms with van der Waals surface area (Å²) in [6.07, 6.45) is 1.73. The van der Waals surface area contributed by atoms with Crippen LogP contribution in [0, 0.1) is 0 Å². The molecule has 1 saturated heterocycles. The third-order valence-corrected chi connectivity index (χ3v) is 5.92. The number of aromatic hydroxyl groups is 1. The number of aromatic nitrogens is 1. The summed E-state index contributed by atoms with van der Waals surface area (Å²) >= 11 is 0. The van der Waals surface area contributed by atoms with E-state index < -0.39 is 0 Å². The molecule has 1 fully saturated rings. The van der Waals surface area contributed by atoms with Crippen LogP contribution in [-0.4, -0.2) is 28.7 Å². The molecule has 32 heavy (non-hydrogen) atoms. The molecule has 0 aliphatic carbocycles. The molecule has 4 aromatic rings. The summed E-state index contributed by atoms with van der Waals surface area (Å²) in [5.74, 6) is -0.464. The first-order chi connectivity index (χ1) is 15.7. The third kappa shape index (κ3) is 3.83. The first-order valence-corrected chi connectivity index (χ1v) is 10.9. The molecule has 2 heterocycles. The predicted molar refractivity (Wildman–Crippen MR) is 124 cm³/mol. The topological polar surface area (TPSA) is 71.5 Å². The van der Waals surface area contributed by atoms with Crippen molar-refractivity contribution >= 4 is 16.8 Å². The molecule has 1 aromatic heterocycles. The number of fused-ring (bicyclic) bond motifs is 1. The molecule has 0 bridgehead atoms. The molecule has 1 aliphatic heterocycles. The van der Waals surface area contributed by atoms with E-state index in [1.807, 2.05) is 84.9 Å². The molecule has 2 atom stereocenters. The van der Waals surface area contributed by atoms with E-state index in [-0.39, 0.29) is 29.4 Å². The average molecular weight is 425 g/mol. The van der Waals surface area contributed by atoms with Gasteiger partial charge in [-0.25, -0.2) is 4.98 Å². The fraction of sp³-hybridized carbons (Fsp3) is 0.185. The van der Waals surface area contributed by atoms with E-state index in [0.717, 1.165) is 24.0 Å². The fourth-order valence-electron chi connectivity index (χ4n) is 4.36. The molecular weight excluding hydrogens is 400 g/mol. The highest BCUT2D eigenvalue weighted by Crippen LogP contribution is 2.36. The summed E-state index contributed by atoms with van der Waals surface area (Å²) in [6, 6.07) is 26.3. The van der Waals surface area contributed by atoms with Crippen molar-refractivity contribution in [2.45, 2.75) is 25.0 Å². The molecule has 2 unspecified atom stereocenters. The third-order valence-electron chi connectivity index (χ3n) is 5.92. The summed E-state index contributed by atoms with van der Waals surface area (Å²) in [4.78, 5) is 18.3. The Labute approximate surface area is 186 Å². The van der Waals surface area contributed by atoms with Crippen molar-refractivity contribution in [3.63, 3.8) is 0 Å². The zero-order chi connectivity index (χ0) is 21.9. The van der Waals surface area contributed by atoms with Crippen molar-refractivity contribution in [1.29, 1.82) is 0 Å². The van der Waals surface area contributed by atoms with Gasteiger partial charge in [0.1, 0.15) is 5.69 Å². The fourth-order valence-corrected chi connectivity index (χ4v) is 4.36. The zero-order valence-electron chi connectivity index (χ0n) is 17.6. The van der Waals surface area contributed by atoms with Gasteiger partial charge in [0.25, 0.3) is 5.91 Å². The molecule has 5 nitrogen and oxygen atoms in total. The SMILES string of the molecule is O=C(NC(c1ccccc1)C1CCCO1)c1c(O)c(-c2ccccc2)nc2ccccc12. The summed E-state index contributed by atoms with van der Waals surface area (Å²) in [5, 5.41) is 15.0. The van der Waals surface area contributed by atoms with E-state index in [2.05, 4.69) is 10.3 Å². The Morgan fingerprint density at radius 1 is 0.969 bits per heavy atom. The number of hydrogen-bond donors (Lipinski definition) is 2. The summed E-state index contributed by atoms with van der Waals surface area (Å²) in [7, 11) is 0. The number of ether oxygens (including phenoxy) is 1. The minimum atomic E-state index is -0.345. The van der Waals surface area contributed by atoms with Crippen LogP contribution in [0.3, 0.4) is 0 Å². The van der Waals surface area contributed by atoms with Gasteiger partial charge in [0.15, 0.2) is 5.75 Å². The van der Waals surface area contributed by atoms with Crippen LogP contribution in [0.25, 0.3) is 22.2 Å². The van der Waals surface area contributed by atoms with Gasteiger partial charge in [-0.15, -0.1) is 0 Å². The maximum absolute atomic E-state index is 13.6. The van der Waals surface area contributed by atoms with Crippen LogP contribution in [0.1, 0.15) is 34.8 Å². The number of nitrogens with zero attached hydrogens (tertiary/aromatic N) is 1. The van der Waals surface area contributed by atoms with Crippen LogP contribution in [0.2, 0.25) is 0 Å². The Kier molecular flexibility index (Phi) is 5.57. The van der Waals surface area contributed by atoms with E-state index in [0.29, 0.717) is 23.2 Å². The lowest BCUT2D eigenvalue weighted by Gasteiger charge is -2.25. The van der Waals surface area contributed by atoms with Gasteiger partial charge in [0.2, 0.25) is 0 Å². The number of hydrogen-bond acceptors (Lipinski definition) is 4. The van der Waals surface area contributed by atoms with Gasteiger partial charge in [0, 0.05) is 17.6 Å². The number of carbonyl (C=O) groups excluding carboxylic acids is 1. The maximum Gasteiger partial charge on any atom is 0.256 e. The van der Waals surface area contributed by atoms with Gasteiger partial charge in [0.05, 0.1) is 23.2 Å². The Balaban J connectivity index is 1.60. The van der Waals surface area contributed by atoms with Crippen molar-refractivity contribution in [3.8, 4) is 17.0 Å². The van der Waals surface area contributed by atoms with Crippen molar-refractivity contribution in [2.24, 2.45) is 0 Å². The molecule has 2 N–H and O–H groups in total. The van der Waals surface area contributed by atoms with Gasteiger partial charge in [-0.05, 0) is 24.5 Å². The van der Waals surface area contributed by atoms with Crippen LogP contribution in [-0.2, 0) is 4.74 Å². The predicted octanol–water partition coefficient (Wildman–Crippen LogP) is 5.26. The Morgan fingerprint density at radius 2 is 1.66 bits per heavy atom. The van der Waals surface area contributed by atoms with Gasteiger partial charge in [-0.1, -0.05) is 78.9 Å². The van der Waals surface area contributed by atoms with E-state index in [1.165, 1.54) is 0 Å². The van der Waals surface area contributed by atoms with E-state index in [1.54, 1.807) is 0 Å². The van der Waals surface area contributed by atoms with E-state index >= 15 is 0 Å². The van der Waals surface area contributed by atoms with Crippen molar-refractivity contribution < 1.29 is 14.6 Å². The van der Waals surface area contributed by atoms with Crippen molar-refractivity contribution in [1.82, 2.24) is 10.3 Å². The minimum absolute atomic E-state index is 0.106. The Hall–Kier alpha value is -3.70. The van der Waals surface area contributed by atoms with Crippen molar-refractivity contribution in [2.75, 3.05) is 6.61 Å². The van der Waals surface area contributed by atoms with Gasteiger partial charge in [-0.3, -0.25) is 4.79 Å². The van der Waals surface area contributed by atoms with Crippen LogP contribution in [0.5, 0.6) is 5.75 Å². The number of para-hydroxylation sites is 1. The Bertz CT molecular complexity index is 1240. The highest BCUT2D eigenvalue weighted by molar-refractivity contribution is 6.10.